The summed E-state index contributed by atoms with van der Waals surface area (Å²) < 4.78 is 42.3. The average Bonchev–Trinajstić information content (AvgIpc) is 3.31. The van der Waals surface area contributed by atoms with Gasteiger partial charge in [0.05, 0.1) is 29.9 Å². The smallest absolute Gasteiger partial charge is 0.317 e. The Bertz CT molecular complexity index is 1670. The molecule has 9 nitrogen and oxygen atoms in total. The summed E-state index contributed by atoms with van der Waals surface area (Å²) in [7, 11) is 0. The minimum absolute atomic E-state index is 0.0282. The summed E-state index contributed by atoms with van der Waals surface area (Å²) in [5, 5.41) is 17.3. The predicted molar refractivity (Wildman–Crippen MR) is 153 cm³/mol. The van der Waals surface area contributed by atoms with Crippen molar-refractivity contribution in [1.82, 2.24) is 25.0 Å². The molecule has 0 radical (unpaired) electrons. The van der Waals surface area contributed by atoms with Gasteiger partial charge in [0.1, 0.15) is 29.8 Å². The van der Waals surface area contributed by atoms with Crippen molar-refractivity contribution < 1.29 is 23.5 Å². The molecular weight excluding hydrogens is 566 g/mol. The van der Waals surface area contributed by atoms with Crippen molar-refractivity contribution in [1.29, 1.82) is 5.41 Å². The molecule has 0 amide bonds. The first-order valence-corrected chi connectivity index (χ1v) is 14.1. The number of nitrogens with one attached hydrogen (secondary N) is 2. The van der Waals surface area contributed by atoms with E-state index < -0.39 is 11.6 Å². The fraction of sp³-hybridized carbons (Fsp3) is 0.333. The number of amidine groups is 1. The molecule has 6 rings (SSSR count). The van der Waals surface area contributed by atoms with E-state index in [0.717, 1.165) is 60.9 Å². The summed E-state index contributed by atoms with van der Waals surface area (Å²) in [6, 6.07) is 9.76. The van der Waals surface area contributed by atoms with Crippen molar-refractivity contribution in [3.8, 4) is 6.01 Å². The number of hydrogen-bond acceptors (Lipinski definition) is 7. The van der Waals surface area contributed by atoms with Crippen LogP contribution in [-0.2, 0) is 24.3 Å². The quantitative estimate of drug-likeness (QED) is 0.126. The highest BCUT2D eigenvalue weighted by molar-refractivity contribution is 6.30. The first-order chi connectivity index (χ1) is 20.4. The maximum Gasteiger partial charge on any atom is 0.317 e. The monoisotopic (exact) mass is 594 g/mol. The van der Waals surface area contributed by atoms with Gasteiger partial charge in [0.15, 0.2) is 5.82 Å². The van der Waals surface area contributed by atoms with Gasteiger partial charge in [-0.15, -0.1) is 0 Å². The Morgan fingerprint density at radius 2 is 2.02 bits per heavy atom. The van der Waals surface area contributed by atoms with Gasteiger partial charge in [-0.25, -0.2) is 18.7 Å². The minimum atomic E-state index is -0.536. The molecule has 4 aromatic rings. The summed E-state index contributed by atoms with van der Waals surface area (Å²) in [4.78, 5) is 13.1. The van der Waals surface area contributed by atoms with Crippen LogP contribution >= 0.6 is 11.6 Å². The molecule has 12 heteroatoms. The van der Waals surface area contributed by atoms with E-state index in [1.807, 2.05) is 17.6 Å². The third-order valence-corrected chi connectivity index (χ3v) is 8.03. The topological polar surface area (TPSA) is 118 Å². The molecule has 0 spiro atoms. The number of hydroxylamine groups is 1. The number of rotatable bonds is 9. The molecule has 2 aromatic carbocycles. The molecule has 218 valence electrons. The van der Waals surface area contributed by atoms with Crippen molar-refractivity contribution in [3.05, 3.63) is 88.0 Å². The normalized spacial score (nSPS) is 18.4. The van der Waals surface area contributed by atoms with Gasteiger partial charge in [-0.2, -0.15) is 4.98 Å². The summed E-state index contributed by atoms with van der Waals surface area (Å²) in [6.45, 7) is 1.35. The van der Waals surface area contributed by atoms with E-state index in [1.165, 1.54) is 12.1 Å². The van der Waals surface area contributed by atoms with Gasteiger partial charge < -0.3 is 14.0 Å². The molecule has 42 heavy (non-hydrogen) atoms. The van der Waals surface area contributed by atoms with Crippen molar-refractivity contribution in [2.45, 2.75) is 51.4 Å². The molecule has 1 saturated heterocycles. The zero-order chi connectivity index (χ0) is 29.2. The fourth-order valence-corrected chi connectivity index (χ4v) is 5.52. The highest BCUT2D eigenvalue weighted by Crippen LogP contribution is 2.34. The zero-order valence-corrected chi connectivity index (χ0v) is 23.4. The molecular formula is C30H29ClF2N6O3. The molecule has 0 saturated carbocycles. The maximum absolute atomic E-state index is 14.8. The Morgan fingerprint density at radius 3 is 2.74 bits per heavy atom. The number of halogens is 3. The van der Waals surface area contributed by atoms with Crippen LogP contribution in [0.2, 0.25) is 5.02 Å². The van der Waals surface area contributed by atoms with Gasteiger partial charge in [-0.1, -0.05) is 23.7 Å². The lowest BCUT2D eigenvalue weighted by Gasteiger charge is -2.28. The van der Waals surface area contributed by atoms with E-state index in [1.54, 1.807) is 18.2 Å². The number of aromatic nitrogens is 4. The molecule has 2 atom stereocenters. The van der Waals surface area contributed by atoms with Gasteiger partial charge in [-0.3, -0.25) is 16.1 Å². The van der Waals surface area contributed by atoms with Crippen LogP contribution in [0, 0.1) is 23.0 Å². The van der Waals surface area contributed by atoms with Crippen LogP contribution in [0.4, 0.5) is 8.78 Å². The fourth-order valence-electron chi connectivity index (χ4n) is 5.37. The van der Waals surface area contributed by atoms with E-state index in [4.69, 9.17) is 36.7 Å². The molecule has 3 heterocycles. The summed E-state index contributed by atoms with van der Waals surface area (Å²) in [5.74, 6) is 0.0914. The van der Waals surface area contributed by atoms with Crippen LogP contribution in [0.1, 0.15) is 48.3 Å². The number of imidazole rings is 1. The second-order valence-corrected chi connectivity index (χ2v) is 11.0. The number of fused-ring (bicyclic) bond motifs is 1. The summed E-state index contributed by atoms with van der Waals surface area (Å²) >= 11 is 5.81. The Kier molecular flexibility index (Phi) is 8.14. The van der Waals surface area contributed by atoms with E-state index in [2.05, 4.69) is 14.5 Å². The third kappa shape index (κ3) is 5.99. The maximum atomic E-state index is 14.8. The third-order valence-electron chi connectivity index (χ3n) is 7.80. The molecule has 2 aliphatic rings. The number of allylic oxidation sites excluding steroid dienone is 2. The zero-order valence-electron chi connectivity index (χ0n) is 22.6. The van der Waals surface area contributed by atoms with Crippen LogP contribution in [0.15, 0.2) is 48.7 Å². The predicted octanol–water partition coefficient (Wildman–Crippen LogP) is 5.86. The average molecular weight is 595 g/mol. The van der Waals surface area contributed by atoms with Gasteiger partial charge in [0.25, 0.3) is 0 Å². The largest absolute Gasteiger partial charge is 0.458 e. The molecule has 3 N–H and O–H groups in total. The molecule has 1 fully saturated rings. The summed E-state index contributed by atoms with van der Waals surface area (Å²) in [5.41, 5.74) is 5.40. The number of ether oxygens (including phenoxy) is 2. The van der Waals surface area contributed by atoms with E-state index >= 15 is 0 Å². The van der Waals surface area contributed by atoms with Crippen LogP contribution in [0.5, 0.6) is 6.01 Å². The molecule has 1 aliphatic heterocycles. The van der Waals surface area contributed by atoms with Gasteiger partial charge in [-0.05, 0) is 67.5 Å². The Morgan fingerprint density at radius 1 is 1.17 bits per heavy atom. The van der Waals surface area contributed by atoms with Crippen molar-refractivity contribution >= 4 is 34.0 Å². The lowest BCUT2D eigenvalue weighted by atomic mass is 9.86. The second kappa shape index (κ2) is 12.1. The second-order valence-electron chi connectivity index (χ2n) is 10.6. The van der Waals surface area contributed by atoms with E-state index in [0.29, 0.717) is 24.1 Å². The molecule has 2 aromatic heterocycles. The SMILES string of the molecule is N=C(NO)c1ccc2c(c1)nc(CC1CC=C(c3nc(OCc4ccc(Cl)cc4F)ncc3F)CC1)n2C[C@@H]1CCO1. The summed E-state index contributed by atoms with van der Waals surface area (Å²) in [6.07, 6.45) is 7.11. The van der Waals surface area contributed by atoms with Crippen molar-refractivity contribution in [2.24, 2.45) is 5.92 Å². The minimum Gasteiger partial charge on any atom is -0.458 e. The number of hydrogen-bond donors (Lipinski definition) is 3. The number of benzene rings is 2. The molecule has 0 bridgehead atoms. The van der Waals surface area contributed by atoms with Crippen LogP contribution in [0.25, 0.3) is 16.6 Å². The molecule has 1 unspecified atom stereocenters. The first kappa shape index (κ1) is 28.2. The Hall–Kier alpha value is -3.93. The lowest BCUT2D eigenvalue weighted by molar-refractivity contribution is -0.0590. The lowest BCUT2D eigenvalue weighted by Crippen LogP contribution is -2.32. The molecule has 1 aliphatic carbocycles. The van der Waals surface area contributed by atoms with E-state index in [9.17, 15) is 8.78 Å². The van der Waals surface area contributed by atoms with Crippen LogP contribution in [-0.4, -0.2) is 43.3 Å². The number of nitrogens with zero attached hydrogens (tertiary/aromatic N) is 4. The van der Waals surface area contributed by atoms with Crippen LogP contribution < -0.4 is 10.2 Å². The Labute approximate surface area is 245 Å². The van der Waals surface area contributed by atoms with Crippen molar-refractivity contribution in [2.75, 3.05) is 6.61 Å². The van der Waals surface area contributed by atoms with E-state index in [-0.39, 0.29) is 41.2 Å². The highest BCUT2D eigenvalue weighted by atomic mass is 35.5. The van der Waals surface area contributed by atoms with Crippen molar-refractivity contribution in [3.63, 3.8) is 0 Å². The first-order valence-electron chi connectivity index (χ1n) is 13.8. The van der Waals surface area contributed by atoms with Gasteiger partial charge in [0.2, 0.25) is 0 Å². The Balaban J connectivity index is 1.17. The highest BCUT2D eigenvalue weighted by Gasteiger charge is 2.25. The standard InChI is InChI=1S/C30H29ClF2N6O3/c31-21-7-5-20(23(32)13-21)16-42-30-35-14-24(33)28(37-30)18-3-1-17(2-4-18)11-27-36-25-12-19(29(34)38-40)6-8-26(25)39(27)15-22-9-10-41-22/h3,5-8,12-14,17,22,40H,1-2,4,9-11,15-16H2,(H2,34,38)/t17?,22-/m0/s1. The van der Waals surface area contributed by atoms with Crippen LogP contribution in [0.3, 0.4) is 0 Å². The van der Waals surface area contributed by atoms with Gasteiger partial charge >= 0.3 is 6.01 Å². The van der Waals surface area contributed by atoms with Gasteiger partial charge in [0, 0.05) is 29.2 Å².